The van der Waals surface area contributed by atoms with Gasteiger partial charge in [0.15, 0.2) is 0 Å². The van der Waals surface area contributed by atoms with E-state index in [1.54, 1.807) is 17.3 Å². The second-order valence-corrected chi connectivity index (χ2v) is 10.1. The molecule has 1 saturated carbocycles. The standard InChI is InChI=1S/C23H22N.C11H8N.Ir/c1-14-12-15(2)20-19(13-14)24-23(18-6-4-3-5-7-18)22-17-10-8-16(9-11-17)21(20)22;1-2-6-10(7-3-1)11-8-4-5-9-12-11;/h3-6,12-13,16-17H,8-11H2,1-2H3;1-6,8-9H;/q2*-1;. The molecule has 0 N–H and O–H groups in total. The molecule has 8 rings (SSSR count). The third kappa shape index (κ3) is 5.04. The topological polar surface area (TPSA) is 25.8 Å². The summed E-state index contributed by atoms with van der Waals surface area (Å²) >= 11 is 0. The summed E-state index contributed by atoms with van der Waals surface area (Å²) in [6.07, 6.45) is 7.14. The number of nitrogens with zero attached hydrogens (tertiary/aromatic N) is 2. The number of pyridine rings is 2. The van der Waals surface area contributed by atoms with E-state index >= 15 is 0 Å². The van der Waals surface area contributed by atoms with E-state index in [1.165, 1.54) is 53.4 Å². The molecule has 0 aliphatic heterocycles. The summed E-state index contributed by atoms with van der Waals surface area (Å²) in [5.41, 5.74) is 11.4. The maximum Gasteiger partial charge on any atom is 0.0603 e. The molecule has 0 unspecified atom stereocenters. The van der Waals surface area contributed by atoms with Crippen molar-refractivity contribution in [1.29, 1.82) is 0 Å². The molecule has 0 amide bonds. The number of aryl methyl sites for hydroxylation is 2. The van der Waals surface area contributed by atoms with Crippen LogP contribution in [-0.4, -0.2) is 9.97 Å². The second-order valence-electron chi connectivity index (χ2n) is 10.1. The molecule has 0 atom stereocenters. The first-order chi connectivity index (χ1) is 17.7. The zero-order valence-electron chi connectivity index (χ0n) is 21.3. The molecule has 1 fully saturated rings. The van der Waals surface area contributed by atoms with Crippen molar-refractivity contribution in [2.24, 2.45) is 0 Å². The van der Waals surface area contributed by atoms with Crippen LogP contribution in [0.5, 0.6) is 0 Å². The van der Waals surface area contributed by atoms with Crippen LogP contribution < -0.4 is 0 Å². The summed E-state index contributed by atoms with van der Waals surface area (Å²) in [7, 11) is 0. The smallest absolute Gasteiger partial charge is 0.0603 e. The molecule has 187 valence electrons. The van der Waals surface area contributed by atoms with Gasteiger partial charge in [-0.25, -0.2) is 0 Å². The fourth-order valence-electron chi connectivity index (χ4n) is 6.16. The normalized spacial score (nSPS) is 17.4. The first-order valence-corrected chi connectivity index (χ1v) is 13.0. The first kappa shape index (κ1) is 25.5. The van der Waals surface area contributed by atoms with Crippen LogP contribution in [0.25, 0.3) is 33.4 Å². The molecule has 3 heteroatoms. The molecular formula is C34H30IrN2-2. The van der Waals surface area contributed by atoms with Crippen LogP contribution >= 0.6 is 0 Å². The van der Waals surface area contributed by atoms with Gasteiger partial charge in [-0.1, -0.05) is 23.8 Å². The second kappa shape index (κ2) is 11.1. The molecular weight excluding hydrogens is 629 g/mol. The molecule has 1 radical (unpaired) electrons. The minimum absolute atomic E-state index is 0. The molecule has 2 bridgehead atoms. The van der Waals surface area contributed by atoms with Crippen molar-refractivity contribution in [2.45, 2.75) is 51.4 Å². The van der Waals surface area contributed by atoms with Gasteiger partial charge in [-0.05, 0) is 91.6 Å². The Labute approximate surface area is 233 Å². The fourth-order valence-corrected chi connectivity index (χ4v) is 6.16. The van der Waals surface area contributed by atoms with E-state index in [1.807, 2.05) is 54.6 Å². The summed E-state index contributed by atoms with van der Waals surface area (Å²) < 4.78 is 0. The van der Waals surface area contributed by atoms with Gasteiger partial charge >= 0.3 is 0 Å². The zero-order chi connectivity index (χ0) is 24.5. The molecule has 2 heterocycles. The Balaban J connectivity index is 0.000000183. The number of fused-ring (bicyclic) bond motifs is 3. The van der Waals surface area contributed by atoms with Gasteiger partial charge in [0.25, 0.3) is 0 Å². The molecule has 2 nitrogen and oxygen atoms in total. The molecule has 3 aliphatic carbocycles. The van der Waals surface area contributed by atoms with Gasteiger partial charge in [-0.15, -0.1) is 71.8 Å². The summed E-state index contributed by atoms with van der Waals surface area (Å²) in [4.78, 5) is 9.39. The van der Waals surface area contributed by atoms with Crippen LogP contribution in [0.2, 0.25) is 0 Å². The van der Waals surface area contributed by atoms with E-state index in [-0.39, 0.29) is 20.1 Å². The average Bonchev–Trinajstić information content (AvgIpc) is 2.94. The van der Waals surface area contributed by atoms with Gasteiger partial charge in [0.2, 0.25) is 0 Å². The fraction of sp³-hybridized carbons (Fsp3) is 0.235. The van der Waals surface area contributed by atoms with Crippen molar-refractivity contribution in [3.63, 3.8) is 0 Å². The van der Waals surface area contributed by atoms with E-state index in [2.05, 4.69) is 55.2 Å². The third-order valence-electron chi connectivity index (χ3n) is 7.66. The van der Waals surface area contributed by atoms with E-state index < -0.39 is 0 Å². The van der Waals surface area contributed by atoms with Crippen LogP contribution in [-0.2, 0) is 20.1 Å². The third-order valence-corrected chi connectivity index (χ3v) is 7.66. The van der Waals surface area contributed by atoms with Crippen LogP contribution in [0.1, 0.15) is 59.8 Å². The Kier molecular flexibility index (Phi) is 7.65. The summed E-state index contributed by atoms with van der Waals surface area (Å²) in [5, 5.41) is 1.43. The average molecular weight is 659 g/mol. The Hall–Kier alpha value is -3.13. The van der Waals surface area contributed by atoms with Gasteiger partial charge < -0.3 is 4.98 Å². The number of aromatic nitrogens is 2. The van der Waals surface area contributed by atoms with Gasteiger partial charge in [0, 0.05) is 31.7 Å². The van der Waals surface area contributed by atoms with Crippen molar-refractivity contribution in [1.82, 2.24) is 9.97 Å². The molecule has 37 heavy (non-hydrogen) atoms. The summed E-state index contributed by atoms with van der Waals surface area (Å²) in [6, 6.07) is 33.1. The maximum atomic E-state index is 5.17. The molecule has 3 aromatic carbocycles. The summed E-state index contributed by atoms with van der Waals surface area (Å²) in [5.74, 6) is 1.41. The minimum Gasteiger partial charge on any atom is -0.305 e. The Bertz CT molecular complexity index is 1450. The van der Waals surface area contributed by atoms with Crippen molar-refractivity contribution >= 4 is 10.9 Å². The monoisotopic (exact) mass is 659 g/mol. The Morgan fingerprint density at radius 2 is 1.38 bits per heavy atom. The van der Waals surface area contributed by atoms with E-state index in [0.29, 0.717) is 5.92 Å². The number of rotatable bonds is 2. The number of benzene rings is 3. The predicted octanol–water partition coefficient (Wildman–Crippen LogP) is 8.62. The van der Waals surface area contributed by atoms with Crippen LogP contribution in [0.4, 0.5) is 0 Å². The molecule has 5 aromatic rings. The quantitative estimate of drug-likeness (QED) is 0.178. The SMILES string of the molecule is Cc1cc(C)c2c3c(c(-c4[c-]cccc4)nc2c1)C1CCC3CC1.[Ir].[c-]1ccccc1-c1ccccn1. The maximum absolute atomic E-state index is 5.17. The summed E-state index contributed by atoms with van der Waals surface area (Å²) in [6.45, 7) is 4.43. The Morgan fingerprint density at radius 1 is 0.730 bits per heavy atom. The van der Waals surface area contributed by atoms with Crippen molar-refractivity contribution in [3.8, 4) is 22.5 Å². The van der Waals surface area contributed by atoms with E-state index in [0.717, 1.165) is 22.7 Å². The molecule has 0 saturated heterocycles. The molecule has 2 aromatic heterocycles. The van der Waals surface area contributed by atoms with Crippen LogP contribution in [0.3, 0.4) is 0 Å². The molecule has 3 aliphatic rings. The van der Waals surface area contributed by atoms with Gasteiger partial charge in [-0.2, -0.15) is 0 Å². The zero-order valence-corrected chi connectivity index (χ0v) is 23.7. The number of hydrogen-bond donors (Lipinski definition) is 0. The van der Waals surface area contributed by atoms with Crippen molar-refractivity contribution < 1.29 is 20.1 Å². The van der Waals surface area contributed by atoms with Crippen LogP contribution in [0, 0.1) is 26.0 Å². The van der Waals surface area contributed by atoms with Gasteiger partial charge in [-0.3, -0.25) is 4.98 Å². The molecule has 0 spiro atoms. The van der Waals surface area contributed by atoms with E-state index in [9.17, 15) is 0 Å². The largest absolute Gasteiger partial charge is 0.305 e. The first-order valence-electron chi connectivity index (χ1n) is 13.0. The van der Waals surface area contributed by atoms with Gasteiger partial charge in [0.05, 0.1) is 5.52 Å². The predicted molar refractivity (Wildman–Crippen MR) is 148 cm³/mol. The van der Waals surface area contributed by atoms with E-state index in [4.69, 9.17) is 4.98 Å². The number of hydrogen-bond acceptors (Lipinski definition) is 2. The van der Waals surface area contributed by atoms with Crippen LogP contribution in [0.15, 0.2) is 85.1 Å². The van der Waals surface area contributed by atoms with Gasteiger partial charge in [0.1, 0.15) is 0 Å². The Morgan fingerprint density at radius 3 is 2.00 bits per heavy atom. The minimum atomic E-state index is 0. The van der Waals surface area contributed by atoms with Crippen molar-refractivity contribution in [3.05, 3.63) is 119 Å². The van der Waals surface area contributed by atoms with Crippen molar-refractivity contribution in [2.75, 3.05) is 0 Å².